The van der Waals surface area contributed by atoms with Crippen molar-refractivity contribution in [2.45, 2.75) is 26.2 Å². The number of rotatable bonds is 3. The molecule has 2 rings (SSSR count). The summed E-state index contributed by atoms with van der Waals surface area (Å²) in [6, 6.07) is 4.72. The third-order valence-electron chi connectivity index (χ3n) is 3.04. The molecule has 0 aliphatic carbocycles. The van der Waals surface area contributed by atoms with Gasteiger partial charge in [-0.15, -0.1) is 0 Å². The molecule has 1 heterocycles. The first-order valence-corrected chi connectivity index (χ1v) is 5.71. The Morgan fingerprint density at radius 1 is 1.47 bits per heavy atom. The molecule has 2 N–H and O–H groups in total. The molecule has 0 fully saturated rings. The van der Waals surface area contributed by atoms with Crippen LogP contribution in [0, 0.1) is 5.82 Å². The summed E-state index contributed by atoms with van der Waals surface area (Å²) in [5, 5.41) is 0. The number of nitrogens with zero attached hydrogens (tertiary/aromatic N) is 2. The van der Waals surface area contributed by atoms with Crippen molar-refractivity contribution in [1.29, 1.82) is 0 Å². The average Bonchev–Trinajstić information content (AvgIpc) is 2.80. The number of aromatic nitrogens is 2. The number of imidazole rings is 1. The van der Waals surface area contributed by atoms with Gasteiger partial charge in [0.05, 0.1) is 12.0 Å². The second-order valence-corrected chi connectivity index (χ2v) is 4.20. The Balaban J connectivity index is 2.46. The van der Waals surface area contributed by atoms with Gasteiger partial charge in [-0.25, -0.2) is 9.37 Å². The number of hydrogen-bond acceptors (Lipinski definition) is 2. The molecule has 0 bridgehead atoms. The molecule has 0 amide bonds. The van der Waals surface area contributed by atoms with E-state index < -0.39 is 0 Å². The highest BCUT2D eigenvalue weighted by molar-refractivity contribution is 5.49. The summed E-state index contributed by atoms with van der Waals surface area (Å²) in [4.78, 5) is 4.15. The van der Waals surface area contributed by atoms with Gasteiger partial charge in [0.25, 0.3) is 0 Å². The van der Waals surface area contributed by atoms with Gasteiger partial charge in [0.15, 0.2) is 0 Å². The molecule has 0 radical (unpaired) electrons. The fourth-order valence-electron chi connectivity index (χ4n) is 1.78. The molecule has 2 aromatic rings. The van der Waals surface area contributed by atoms with E-state index in [9.17, 15) is 4.39 Å². The second kappa shape index (κ2) is 4.57. The van der Waals surface area contributed by atoms with Crippen molar-refractivity contribution in [1.82, 2.24) is 9.55 Å². The summed E-state index contributed by atoms with van der Waals surface area (Å²) in [5.41, 5.74) is 7.69. The maximum Gasteiger partial charge on any atom is 0.146 e. The maximum absolute atomic E-state index is 13.1. The van der Waals surface area contributed by atoms with Gasteiger partial charge >= 0.3 is 0 Å². The molecule has 0 saturated carbocycles. The van der Waals surface area contributed by atoms with Gasteiger partial charge in [-0.2, -0.15) is 0 Å². The highest BCUT2D eigenvalue weighted by atomic mass is 19.1. The fourth-order valence-corrected chi connectivity index (χ4v) is 1.78. The van der Waals surface area contributed by atoms with Gasteiger partial charge in [-0.3, -0.25) is 0 Å². The van der Waals surface area contributed by atoms with Crippen molar-refractivity contribution in [2.24, 2.45) is 0 Å². The molecule has 17 heavy (non-hydrogen) atoms. The van der Waals surface area contributed by atoms with E-state index in [1.54, 1.807) is 18.5 Å². The number of hydrogen-bond donors (Lipinski definition) is 1. The van der Waals surface area contributed by atoms with E-state index in [0.29, 0.717) is 5.92 Å². The second-order valence-electron chi connectivity index (χ2n) is 4.20. The Morgan fingerprint density at radius 3 is 2.88 bits per heavy atom. The van der Waals surface area contributed by atoms with Gasteiger partial charge in [0.2, 0.25) is 0 Å². The predicted molar refractivity (Wildman–Crippen MR) is 66.6 cm³/mol. The van der Waals surface area contributed by atoms with E-state index in [1.807, 2.05) is 10.8 Å². The van der Waals surface area contributed by atoms with Gasteiger partial charge in [-0.1, -0.05) is 13.8 Å². The summed E-state index contributed by atoms with van der Waals surface area (Å²) in [7, 11) is 0. The van der Waals surface area contributed by atoms with E-state index in [0.717, 1.165) is 17.8 Å². The zero-order valence-electron chi connectivity index (χ0n) is 10.0. The zero-order chi connectivity index (χ0) is 12.4. The SMILES string of the molecule is CCC(C)c1cncn1-c1ccc(F)c(N)c1. The summed E-state index contributed by atoms with van der Waals surface area (Å²) in [6.07, 6.45) is 4.60. The molecular formula is C13H16FN3. The topological polar surface area (TPSA) is 43.8 Å². The number of nitrogens with two attached hydrogens (primary N) is 1. The molecule has 90 valence electrons. The fraction of sp³-hybridized carbons (Fsp3) is 0.308. The molecule has 0 spiro atoms. The molecule has 0 aliphatic heterocycles. The van der Waals surface area contributed by atoms with Gasteiger partial charge < -0.3 is 10.3 Å². The highest BCUT2D eigenvalue weighted by Crippen LogP contribution is 2.23. The lowest BCUT2D eigenvalue weighted by atomic mass is 10.1. The number of benzene rings is 1. The van der Waals surface area contributed by atoms with E-state index >= 15 is 0 Å². The number of halogens is 1. The maximum atomic E-state index is 13.1. The van der Waals surface area contributed by atoms with Crippen molar-refractivity contribution in [3.05, 3.63) is 42.2 Å². The monoisotopic (exact) mass is 233 g/mol. The van der Waals surface area contributed by atoms with Crippen molar-refractivity contribution in [3.63, 3.8) is 0 Å². The average molecular weight is 233 g/mol. The van der Waals surface area contributed by atoms with Crippen LogP contribution in [-0.4, -0.2) is 9.55 Å². The Hall–Kier alpha value is -1.84. The minimum Gasteiger partial charge on any atom is -0.396 e. The third kappa shape index (κ3) is 2.16. The Morgan fingerprint density at radius 2 is 2.24 bits per heavy atom. The minimum absolute atomic E-state index is 0.159. The first kappa shape index (κ1) is 11.6. The summed E-state index contributed by atoms with van der Waals surface area (Å²) in [6.45, 7) is 4.27. The molecule has 4 heteroatoms. The van der Waals surface area contributed by atoms with Crippen molar-refractivity contribution in [2.75, 3.05) is 5.73 Å². The summed E-state index contributed by atoms with van der Waals surface area (Å²) in [5.74, 6) is 0.0164. The Labute approximate surface area is 100 Å². The predicted octanol–water partition coefficient (Wildman–Crippen LogP) is 3.11. The number of nitrogen functional groups attached to an aromatic ring is 1. The molecule has 3 nitrogen and oxygen atoms in total. The minimum atomic E-state index is -0.390. The normalized spacial score (nSPS) is 12.6. The highest BCUT2D eigenvalue weighted by Gasteiger charge is 2.11. The van der Waals surface area contributed by atoms with Crippen LogP contribution < -0.4 is 5.73 Å². The molecular weight excluding hydrogens is 217 g/mol. The van der Waals surface area contributed by atoms with Crippen molar-refractivity contribution >= 4 is 5.69 Å². The van der Waals surface area contributed by atoms with E-state index in [1.165, 1.54) is 6.07 Å². The first-order chi connectivity index (χ1) is 8.13. The number of anilines is 1. The third-order valence-corrected chi connectivity index (χ3v) is 3.04. The lowest BCUT2D eigenvalue weighted by Gasteiger charge is -2.13. The van der Waals surface area contributed by atoms with Gasteiger partial charge in [-0.05, 0) is 30.5 Å². The Kier molecular flexibility index (Phi) is 3.13. The van der Waals surface area contributed by atoms with Crippen LogP contribution in [0.5, 0.6) is 0 Å². The molecule has 1 atom stereocenters. The molecule has 0 saturated heterocycles. The lowest BCUT2D eigenvalue weighted by molar-refractivity contribution is 0.631. The van der Waals surface area contributed by atoms with Crippen LogP contribution in [-0.2, 0) is 0 Å². The van der Waals surface area contributed by atoms with Gasteiger partial charge in [0.1, 0.15) is 5.82 Å². The van der Waals surface area contributed by atoms with Crippen LogP contribution in [0.3, 0.4) is 0 Å². The van der Waals surface area contributed by atoms with E-state index in [-0.39, 0.29) is 11.5 Å². The van der Waals surface area contributed by atoms with Crippen LogP contribution >= 0.6 is 0 Å². The van der Waals surface area contributed by atoms with Crippen LogP contribution in [0.4, 0.5) is 10.1 Å². The quantitative estimate of drug-likeness (QED) is 0.828. The summed E-state index contributed by atoms with van der Waals surface area (Å²) >= 11 is 0. The van der Waals surface area contributed by atoms with Crippen molar-refractivity contribution < 1.29 is 4.39 Å². The van der Waals surface area contributed by atoms with Gasteiger partial charge in [0, 0.05) is 17.6 Å². The molecule has 1 aromatic carbocycles. The van der Waals surface area contributed by atoms with Crippen LogP contribution in [0.1, 0.15) is 31.9 Å². The zero-order valence-corrected chi connectivity index (χ0v) is 10.0. The summed E-state index contributed by atoms with van der Waals surface area (Å²) < 4.78 is 15.1. The van der Waals surface area contributed by atoms with E-state index in [4.69, 9.17) is 5.73 Å². The molecule has 1 unspecified atom stereocenters. The van der Waals surface area contributed by atoms with Crippen molar-refractivity contribution in [3.8, 4) is 5.69 Å². The molecule has 0 aliphatic rings. The molecule has 1 aromatic heterocycles. The van der Waals surface area contributed by atoms with Crippen LogP contribution in [0.25, 0.3) is 5.69 Å². The Bertz CT molecular complexity index is 519. The first-order valence-electron chi connectivity index (χ1n) is 5.71. The largest absolute Gasteiger partial charge is 0.396 e. The van der Waals surface area contributed by atoms with Crippen LogP contribution in [0.15, 0.2) is 30.7 Å². The smallest absolute Gasteiger partial charge is 0.146 e. The standard InChI is InChI=1S/C13H16FN3/c1-3-9(2)13-7-16-8-17(13)10-4-5-11(14)12(15)6-10/h4-9H,3,15H2,1-2H3. The van der Waals surface area contributed by atoms with Crippen LogP contribution in [0.2, 0.25) is 0 Å². The lowest BCUT2D eigenvalue weighted by Crippen LogP contribution is -2.03. The van der Waals surface area contributed by atoms with E-state index in [2.05, 4.69) is 18.8 Å².